The first-order chi connectivity index (χ1) is 11.5. The molecule has 0 aliphatic rings. The molecule has 1 aromatic carbocycles. The van der Waals surface area contributed by atoms with Crippen molar-refractivity contribution in [1.29, 1.82) is 0 Å². The van der Waals surface area contributed by atoms with Crippen molar-refractivity contribution in [3.8, 4) is 11.3 Å². The molecule has 0 saturated heterocycles. The van der Waals surface area contributed by atoms with E-state index in [1.807, 2.05) is 62.8 Å². The summed E-state index contributed by atoms with van der Waals surface area (Å²) in [5.41, 5.74) is 4.78. The fraction of sp³-hybridized carbons (Fsp3) is 0.278. The van der Waals surface area contributed by atoms with Gasteiger partial charge in [0.15, 0.2) is 0 Å². The number of nitrogens with zero attached hydrogens (tertiary/aromatic N) is 3. The number of aromatic nitrogens is 3. The third kappa shape index (κ3) is 3.10. The summed E-state index contributed by atoms with van der Waals surface area (Å²) in [6, 6.07) is 9.81. The van der Waals surface area contributed by atoms with Crippen molar-refractivity contribution in [3.63, 3.8) is 0 Å². The summed E-state index contributed by atoms with van der Waals surface area (Å²) in [6.45, 7) is 6.35. The average Bonchev–Trinajstić information content (AvgIpc) is 3.07. The van der Waals surface area contributed by atoms with Crippen molar-refractivity contribution in [2.45, 2.75) is 27.3 Å². The molecule has 0 radical (unpaired) electrons. The molecule has 2 heterocycles. The maximum Gasteiger partial charge on any atom is 0.263 e. The van der Waals surface area contributed by atoms with Gasteiger partial charge in [-0.3, -0.25) is 9.48 Å². The van der Waals surface area contributed by atoms with Crippen molar-refractivity contribution in [2.75, 3.05) is 0 Å². The third-order valence-electron chi connectivity index (χ3n) is 4.07. The van der Waals surface area contributed by atoms with Gasteiger partial charge in [0.05, 0.1) is 16.4 Å². The Morgan fingerprint density at radius 1 is 1.21 bits per heavy atom. The highest BCUT2D eigenvalue weighted by atomic mass is 32.1. The van der Waals surface area contributed by atoms with E-state index in [9.17, 15) is 4.79 Å². The van der Waals surface area contributed by atoms with E-state index in [1.165, 1.54) is 11.3 Å². The van der Waals surface area contributed by atoms with E-state index in [4.69, 9.17) is 0 Å². The number of carbonyl (C=O) groups excluding carboxylic acids is 1. The second kappa shape index (κ2) is 6.57. The van der Waals surface area contributed by atoms with E-state index in [-0.39, 0.29) is 5.91 Å². The minimum Gasteiger partial charge on any atom is -0.347 e. The quantitative estimate of drug-likeness (QED) is 0.792. The normalized spacial score (nSPS) is 10.8. The smallest absolute Gasteiger partial charge is 0.263 e. The Hall–Kier alpha value is -2.47. The fourth-order valence-corrected chi connectivity index (χ4v) is 3.55. The largest absolute Gasteiger partial charge is 0.347 e. The van der Waals surface area contributed by atoms with Gasteiger partial charge < -0.3 is 5.32 Å². The van der Waals surface area contributed by atoms with Crippen LogP contribution in [0.25, 0.3) is 11.3 Å². The number of hydrogen-bond donors (Lipinski definition) is 1. The average molecular weight is 340 g/mol. The molecule has 3 aromatic rings. The van der Waals surface area contributed by atoms with E-state index in [2.05, 4.69) is 15.4 Å². The van der Waals surface area contributed by atoms with Crippen LogP contribution in [0, 0.1) is 20.8 Å². The topological polar surface area (TPSA) is 59.8 Å². The van der Waals surface area contributed by atoms with Crippen LogP contribution < -0.4 is 5.32 Å². The van der Waals surface area contributed by atoms with Crippen LogP contribution in [0.5, 0.6) is 0 Å². The van der Waals surface area contributed by atoms with Gasteiger partial charge in [0.1, 0.15) is 4.88 Å². The lowest BCUT2D eigenvalue weighted by molar-refractivity contribution is 0.0955. The van der Waals surface area contributed by atoms with Gasteiger partial charge in [-0.1, -0.05) is 30.3 Å². The van der Waals surface area contributed by atoms with E-state index in [0.29, 0.717) is 11.4 Å². The van der Waals surface area contributed by atoms with Crippen LogP contribution in [0.2, 0.25) is 0 Å². The Morgan fingerprint density at radius 2 is 1.92 bits per heavy atom. The second-order valence-electron chi connectivity index (χ2n) is 5.73. The Morgan fingerprint density at radius 3 is 2.54 bits per heavy atom. The van der Waals surface area contributed by atoms with Crippen LogP contribution >= 0.6 is 11.3 Å². The maximum absolute atomic E-state index is 12.7. The minimum absolute atomic E-state index is 0.0953. The SMILES string of the molecule is Cc1nc(-c2ccccc2)c(C(=O)NCc2c(C)nn(C)c2C)s1. The molecule has 0 fully saturated rings. The standard InChI is InChI=1S/C18H20N4OS/c1-11-15(12(2)22(4)21-11)10-19-18(23)17-16(20-13(3)24-17)14-8-6-5-7-9-14/h5-9H,10H2,1-4H3,(H,19,23). The molecule has 0 spiro atoms. The molecule has 0 bridgehead atoms. The summed E-state index contributed by atoms with van der Waals surface area (Å²) in [7, 11) is 1.91. The van der Waals surface area contributed by atoms with E-state index in [0.717, 1.165) is 33.2 Å². The summed E-state index contributed by atoms with van der Waals surface area (Å²) in [5.74, 6) is -0.0953. The van der Waals surface area contributed by atoms with E-state index in [1.54, 1.807) is 0 Å². The number of nitrogens with one attached hydrogen (secondary N) is 1. The van der Waals surface area contributed by atoms with Gasteiger partial charge in [-0.2, -0.15) is 5.10 Å². The van der Waals surface area contributed by atoms with Gasteiger partial charge in [0.2, 0.25) is 0 Å². The van der Waals surface area contributed by atoms with Crippen LogP contribution in [-0.2, 0) is 13.6 Å². The number of benzene rings is 1. The summed E-state index contributed by atoms with van der Waals surface area (Å²) in [4.78, 5) is 17.9. The first kappa shape index (κ1) is 16.4. The number of aryl methyl sites for hydroxylation is 3. The molecule has 0 saturated carbocycles. The molecule has 0 aliphatic carbocycles. The molecule has 5 nitrogen and oxygen atoms in total. The Labute approximate surface area is 145 Å². The van der Waals surface area contributed by atoms with Crippen molar-refractivity contribution in [3.05, 3.63) is 57.2 Å². The van der Waals surface area contributed by atoms with Crippen LogP contribution in [0.15, 0.2) is 30.3 Å². The van der Waals surface area contributed by atoms with Crippen molar-refractivity contribution in [2.24, 2.45) is 7.05 Å². The predicted octanol–water partition coefficient (Wildman–Crippen LogP) is 3.40. The monoisotopic (exact) mass is 340 g/mol. The summed E-state index contributed by atoms with van der Waals surface area (Å²) < 4.78 is 1.84. The lowest BCUT2D eigenvalue weighted by atomic mass is 10.1. The summed E-state index contributed by atoms with van der Waals surface area (Å²) in [6.07, 6.45) is 0. The first-order valence-electron chi connectivity index (χ1n) is 7.77. The Kier molecular flexibility index (Phi) is 4.49. The highest BCUT2D eigenvalue weighted by Gasteiger charge is 2.19. The molecule has 1 amide bonds. The third-order valence-corrected chi connectivity index (χ3v) is 5.04. The molecule has 0 unspecified atom stereocenters. The molecule has 6 heteroatoms. The van der Waals surface area contributed by atoms with Gasteiger partial charge in [-0.05, 0) is 20.8 Å². The lowest BCUT2D eigenvalue weighted by Gasteiger charge is -2.06. The van der Waals surface area contributed by atoms with Crippen molar-refractivity contribution < 1.29 is 4.79 Å². The van der Waals surface area contributed by atoms with Crippen LogP contribution in [0.4, 0.5) is 0 Å². The number of carbonyl (C=O) groups is 1. The fourth-order valence-electron chi connectivity index (χ4n) is 2.69. The molecule has 0 aliphatic heterocycles. The minimum atomic E-state index is -0.0953. The van der Waals surface area contributed by atoms with Gasteiger partial charge >= 0.3 is 0 Å². The van der Waals surface area contributed by atoms with Crippen LogP contribution in [0.1, 0.15) is 31.6 Å². The zero-order valence-corrected chi connectivity index (χ0v) is 15.1. The number of amides is 1. The Balaban J connectivity index is 1.83. The molecule has 3 rings (SSSR count). The number of thiazole rings is 1. The molecule has 124 valence electrons. The van der Waals surface area contributed by atoms with Gasteiger partial charge in [0, 0.05) is 30.4 Å². The molecule has 1 N–H and O–H groups in total. The van der Waals surface area contributed by atoms with Crippen LogP contribution in [-0.4, -0.2) is 20.7 Å². The lowest BCUT2D eigenvalue weighted by Crippen LogP contribution is -2.23. The zero-order chi connectivity index (χ0) is 17.3. The summed E-state index contributed by atoms with van der Waals surface area (Å²) in [5, 5.41) is 8.28. The molecular formula is C18H20N4OS. The van der Waals surface area contributed by atoms with Crippen LogP contribution in [0.3, 0.4) is 0 Å². The zero-order valence-electron chi connectivity index (χ0n) is 14.3. The second-order valence-corrected chi connectivity index (χ2v) is 6.94. The highest BCUT2D eigenvalue weighted by molar-refractivity contribution is 7.14. The first-order valence-corrected chi connectivity index (χ1v) is 8.59. The van der Waals surface area contributed by atoms with Gasteiger partial charge in [-0.25, -0.2) is 4.98 Å². The molecular weight excluding hydrogens is 320 g/mol. The van der Waals surface area contributed by atoms with Crippen molar-refractivity contribution in [1.82, 2.24) is 20.1 Å². The number of hydrogen-bond acceptors (Lipinski definition) is 4. The van der Waals surface area contributed by atoms with Gasteiger partial charge in [-0.15, -0.1) is 11.3 Å². The molecule has 0 atom stereocenters. The predicted molar refractivity (Wildman–Crippen MR) is 96.1 cm³/mol. The molecule has 24 heavy (non-hydrogen) atoms. The van der Waals surface area contributed by atoms with Crippen molar-refractivity contribution >= 4 is 17.2 Å². The maximum atomic E-state index is 12.7. The van der Waals surface area contributed by atoms with E-state index >= 15 is 0 Å². The molecule has 2 aromatic heterocycles. The highest BCUT2D eigenvalue weighted by Crippen LogP contribution is 2.28. The Bertz CT molecular complexity index is 880. The van der Waals surface area contributed by atoms with E-state index < -0.39 is 0 Å². The summed E-state index contributed by atoms with van der Waals surface area (Å²) >= 11 is 1.42. The van der Waals surface area contributed by atoms with Gasteiger partial charge in [0.25, 0.3) is 5.91 Å². The number of rotatable bonds is 4.